The van der Waals surface area contributed by atoms with Crippen LogP contribution < -0.4 is 11.2 Å². The lowest BCUT2D eigenvalue weighted by atomic mass is 10.1. The highest BCUT2D eigenvalue weighted by Gasteiger charge is 2.26. The first-order valence-electron chi connectivity index (χ1n) is 8.53. The SMILES string of the molecule is Nc1nonc1-n1nnc(C(=O)N/N=C\c2c(Cl)cccc2Cl)c1-c1ccccc1Cl. The van der Waals surface area contributed by atoms with E-state index in [0.29, 0.717) is 26.2 Å². The van der Waals surface area contributed by atoms with Gasteiger partial charge in [0, 0.05) is 11.1 Å². The van der Waals surface area contributed by atoms with Crippen LogP contribution in [0.4, 0.5) is 5.82 Å². The number of hydrazone groups is 1. The van der Waals surface area contributed by atoms with E-state index in [1.165, 1.54) is 10.9 Å². The number of hydrogen-bond donors (Lipinski definition) is 2. The number of halogens is 3. The lowest BCUT2D eigenvalue weighted by Crippen LogP contribution is -2.19. The van der Waals surface area contributed by atoms with Crippen LogP contribution in [-0.2, 0) is 0 Å². The van der Waals surface area contributed by atoms with Gasteiger partial charge in [-0.3, -0.25) is 4.79 Å². The Hall–Kier alpha value is -3.47. The zero-order valence-electron chi connectivity index (χ0n) is 15.3. The number of amides is 1. The fraction of sp³-hybridized carbons (Fsp3) is 0. The first-order chi connectivity index (χ1) is 15.0. The van der Waals surface area contributed by atoms with E-state index >= 15 is 0 Å². The molecule has 0 unspecified atom stereocenters. The van der Waals surface area contributed by atoms with Crippen molar-refractivity contribution in [1.82, 2.24) is 30.7 Å². The lowest BCUT2D eigenvalue weighted by Gasteiger charge is -2.07. The standard InChI is InChI=1S/C18H11Cl3N8O2/c19-11-5-2-1-4-9(11)15-14(24-28-29(15)17-16(22)26-31-27-17)18(30)25-23-8-10-12(20)6-3-7-13(10)21/h1-8H,(H2,22,26)(H,25,30)/b23-8-. The van der Waals surface area contributed by atoms with E-state index < -0.39 is 5.91 Å². The number of hydrogen-bond acceptors (Lipinski definition) is 8. The van der Waals surface area contributed by atoms with Crippen LogP contribution in [0.5, 0.6) is 0 Å². The molecule has 0 aliphatic heterocycles. The molecule has 156 valence electrons. The zero-order chi connectivity index (χ0) is 22.0. The molecule has 13 heteroatoms. The van der Waals surface area contributed by atoms with Crippen LogP contribution in [0.3, 0.4) is 0 Å². The normalized spacial score (nSPS) is 11.2. The largest absolute Gasteiger partial charge is 0.378 e. The molecule has 31 heavy (non-hydrogen) atoms. The van der Waals surface area contributed by atoms with Crippen molar-refractivity contribution in [2.24, 2.45) is 5.10 Å². The Bertz CT molecular complexity index is 1280. The quantitative estimate of drug-likeness (QED) is 0.331. The number of rotatable bonds is 5. The average Bonchev–Trinajstić information content (AvgIpc) is 3.36. The molecule has 1 amide bonds. The smallest absolute Gasteiger partial charge is 0.294 e. The number of benzene rings is 2. The first kappa shape index (κ1) is 20.8. The molecule has 0 aliphatic carbocycles. The second kappa shape index (κ2) is 8.72. The molecule has 4 aromatic rings. The molecule has 10 nitrogen and oxygen atoms in total. The van der Waals surface area contributed by atoms with Gasteiger partial charge < -0.3 is 5.73 Å². The maximum atomic E-state index is 12.8. The Kier molecular flexibility index (Phi) is 5.85. The Balaban J connectivity index is 1.72. The van der Waals surface area contributed by atoms with E-state index in [2.05, 4.69) is 35.8 Å². The van der Waals surface area contributed by atoms with Gasteiger partial charge in [-0.2, -0.15) is 9.78 Å². The van der Waals surface area contributed by atoms with E-state index in [9.17, 15) is 4.79 Å². The van der Waals surface area contributed by atoms with E-state index in [0.717, 1.165) is 0 Å². The van der Waals surface area contributed by atoms with Crippen LogP contribution in [-0.4, -0.2) is 37.4 Å². The molecule has 4 rings (SSSR count). The van der Waals surface area contributed by atoms with E-state index in [1.807, 2.05) is 0 Å². The highest BCUT2D eigenvalue weighted by molar-refractivity contribution is 6.38. The van der Waals surface area contributed by atoms with Gasteiger partial charge in [-0.25, -0.2) is 10.1 Å². The zero-order valence-corrected chi connectivity index (χ0v) is 17.6. The summed E-state index contributed by atoms with van der Waals surface area (Å²) in [4.78, 5) is 12.8. The molecule has 0 spiro atoms. The summed E-state index contributed by atoms with van der Waals surface area (Å²) in [7, 11) is 0. The van der Waals surface area contributed by atoms with Crippen molar-refractivity contribution in [2.45, 2.75) is 0 Å². The Morgan fingerprint density at radius 2 is 1.77 bits per heavy atom. The van der Waals surface area contributed by atoms with Gasteiger partial charge in [0.15, 0.2) is 5.69 Å². The van der Waals surface area contributed by atoms with Crippen molar-refractivity contribution in [3.8, 4) is 17.1 Å². The number of nitrogen functional groups attached to an aromatic ring is 1. The van der Waals surface area contributed by atoms with Crippen molar-refractivity contribution >= 4 is 52.7 Å². The Labute approximate surface area is 189 Å². The van der Waals surface area contributed by atoms with Crippen LogP contribution in [0.25, 0.3) is 17.1 Å². The molecule has 0 radical (unpaired) electrons. The summed E-state index contributed by atoms with van der Waals surface area (Å²) in [6.45, 7) is 0. The topological polar surface area (TPSA) is 137 Å². The second-order valence-corrected chi connectivity index (χ2v) is 7.21. The third-order valence-electron chi connectivity index (χ3n) is 4.07. The van der Waals surface area contributed by atoms with Gasteiger partial charge in [0.1, 0.15) is 5.69 Å². The molecule has 3 N–H and O–H groups in total. The fourth-order valence-corrected chi connectivity index (χ4v) is 3.38. The van der Waals surface area contributed by atoms with E-state index in [1.54, 1.807) is 42.5 Å². The minimum Gasteiger partial charge on any atom is -0.378 e. The van der Waals surface area contributed by atoms with E-state index in [-0.39, 0.29) is 23.0 Å². The molecule has 0 bridgehead atoms. The molecule has 0 saturated carbocycles. The number of nitrogens with one attached hydrogen (secondary N) is 1. The van der Waals surface area contributed by atoms with Crippen LogP contribution >= 0.6 is 34.8 Å². The molecular weight excluding hydrogens is 467 g/mol. The van der Waals surface area contributed by atoms with Crippen molar-refractivity contribution < 1.29 is 9.42 Å². The maximum absolute atomic E-state index is 12.8. The number of nitrogens with zero attached hydrogens (tertiary/aromatic N) is 6. The second-order valence-electron chi connectivity index (χ2n) is 5.99. The maximum Gasteiger partial charge on any atom is 0.294 e. The van der Waals surface area contributed by atoms with Crippen LogP contribution in [0.15, 0.2) is 52.2 Å². The summed E-state index contributed by atoms with van der Waals surface area (Å²) in [5, 5.41) is 20.2. The molecule has 0 saturated heterocycles. The lowest BCUT2D eigenvalue weighted by molar-refractivity contribution is 0.0950. The minimum absolute atomic E-state index is 0.0449. The monoisotopic (exact) mass is 476 g/mol. The van der Waals surface area contributed by atoms with Gasteiger partial charge in [0.25, 0.3) is 5.91 Å². The van der Waals surface area contributed by atoms with Crippen molar-refractivity contribution in [2.75, 3.05) is 5.73 Å². The number of nitrogens with two attached hydrogens (primary N) is 1. The summed E-state index contributed by atoms with van der Waals surface area (Å²) < 4.78 is 5.84. The number of carbonyl (C=O) groups excluding carboxylic acids is 1. The van der Waals surface area contributed by atoms with Gasteiger partial charge in [-0.15, -0.1) is 5.10 Å². The van der Waals surface area contributed by atoms with Gasteiger partial charge in [-0.05, 0) is 28.5 Å². The minimum atomic E-state index is -0.671. The Morgan fingerprint density at radius 3 is 2.45 bits per heavy atom. The predicted molar refractivity (Wildman–Crippen MR) is 116 cm³/mol. The summed E-state index contributed by atoms with van der Waals surface area (Å²) in [5.41, 5.74) is 9.18. The summed E-state index contributed by atoms with van der Waals surface area (Å²) in [5.74, 6) is -0.667. The molecular formula is C18H11Cl3N8O2. The molecule has 2 aromatic carbocycles. The van der Waals surface area contributed by atoms with Crippen LogP contribution in [0, 0.1) is 0 Å². The summed E-state index contributed by atoms with van der Waals surface area (Å²) >= 11 is 18.5. The number of carbonyl (C=O) groups is 1. The van der Waals surface area contributed by atoms with Gasteiger partial charge in [0.2, 0.25) is 11.6 Å². The third-order valence-corrected chi connectivity index (χ3v) is 5.06. The van der Waals surface area contributed by atoms with Crippen LogP contribution in [0.2, 0.25) is 15.1 Å². The molecule has 2 heterocycles. The summed E-state index contributed by atoms with van der Waals surface area (Å²) in [6.07, 6.45) is 1.32. The summed E-state index contributed by atoms with van der Waals surface area (Å²) in [6, 6.07) is 11.8. The number of anilines is 1. The number of aromatic nitrogens is 5. The highest BCUT2D eigenvalue weighted by atomic mass is 35.5. The van der Waals surface area contributed by atoms with Gasteiger partial charge in [0.05, 0.1) is 21.3 Å². The fourth-order valence-electron chi connectivity index (χ4n) is 2.66. The molecule has 0 aliphatic rings. The van der Waals surface area contributed by atoms with Crippen molar-refractivity contribution in [3.63, 3.8) is 0 Å². The first-order valence-corrected chi connectivity index (χ1v) is 9.67. The van der Waals surface area contributed by atoms with Crippen molar-refractivity contribution in [3.05, 3.63) is 68.8 Å². The molecule has 0 fully saturated rings. The molecule has 0 atom stereocenters. The Morgan fingerprint density at radius 1 is 1.06 bits per heavy atom. The van der Waals surface area contributed by atoms with Gasteiger partial charge >= 0.3 is 0 Å². The molecule has 2 aromatic heterocycles. The average molecular weight is 478 g/mol. The third kappa shape index (κ3) is 4.08. The predicted octanol–water partition coefficient (Wildman–Crippen LogP) is 3.62. The van der Waals surface area contributed by atoms with E-state index in [4.69, 9.17) is 40.5 Å². The van der Waals surface area contributed by atoms with Gasteiger partial charge in [-0.1, -0.05) is 64.3 Å². The highest BCUT2D eigenvalue weighted by Crippen LogP contribution is 2.31. The van der Waals surface area contributed by atoms with Crippen LogP contribution in [0.1, 0.15) is 16.1 Å². The van der Waals surface area contributed by atoms with Crippen molar-refractivity contribution in [1.29, 1.82) is 0 Å².